The van der Waals surface area contributed by atoms with Gasteiger partial charge in [0.05, 0.1) is 5.92 Å². The number of nitrogens with zero attached hydrogens (tertiary/aromatic N) is 1. The summed E-state index contributed by atoms with van der Waals surface area (Å²) in [6.45, 7) is 9.99. The molecule has 2 N–H and O–H groups in total. The molecule has 1 atom stereocenters. The molecule has 3 amide bonds. The van der Waals surface area contributed by atoms with Crippen LogP contribution in [0.15, 0.2) is 0 Å². The number of hydrogen-bond donors (Lipinski definition) is 2. The van der Waals surface area contributed by atoms with Crippen LogP contribution in [0.3, 0.4) is 0 Å². The number of likely N-dealkylation sites (tertiary alicyclic amines) is 1. The molecule has 1 aliphatic heterocycles. The molecule has 0 unspecified atom stereocenters. The SMILES string of the molecule is CC(C)CNC(=O)N1CCC[C@H](C(=O)NC(C)C)C1. The molecule has 0 bridgehead atoms. The van der Waals surface area contributed by atoms with E-state index in [1.165, 1.54) is 0 Å². The Labute approximate surface area is 116 Å². The van der Waals surface area contributed by atoms with Gasteiger partial charge in [-0.1, -0.05) is 13.8 Å². The average Bonchev–Trinajstić information content (AvgIpc) is 2.35. The summed E-state index contributed by atoms with van der Waals surface area (Å²) in [5.74, 6) is 0.436. The number of carbonyl (C=O) groups is 2. The molecule has 1 heterocycles. The molecule has 1 saturated heterocycles. The Morgan fingerprint density at radius 1 is 1.26 bits per heavy atom. The molecule has 0 aliphatic carbocycles. The zero-order valence-electron chi connectivity index (χ0n) is 12.5. The molecular formula is C14H27N3O2. The minimum atomic E-state index is -0.0686. The second-order valence-electron chi connectivity index (χ2n) is 6.03. The fourth-order valence-electron chi connectivity index (χ4n) is 2.18. The third kappa shape index (κ3) is 5.49. The first-order chi connectivity index (χ1) is 8.90. The van der Waals surface area contributed by atoms with Crippen LogP contribution in [0, 0.1) is 11.8 Å². The maximum atomic E-state index is 12.0. The van der Waals surface area contributed by atoms with E-state index in [1.54, 1.807) is 4.90 Å². The lowest BCUT2D eigenvalue weighted by atomic mass is 9.97. The highest BCUT2D eigenvalue weighted by Gasteiger charge is 2.28. The van der Waals surface area contributed by atoms with Crippen molar-refractivity contribution in [2.45, 2.75) is 46.6 Å². The first kappa shape index (κ1) is 15.8. The fraction of sp³-hybridized carbons (Fsp3) is 0.857. The van der Waals surface area contributed by atoms with Gasteiger partial charge in [-0.3, -0.25) is 4.79 Å². The third-order valence-electron chi connectivity index (χ3n) is 3.17. The van der Waals surface area contributed by atoms with Crippen LogP contribution >= 0.6 is 0 Å². The molecule has 5 heteroatoms. The topological polar surface area (TPSA) is 61.4 Å². The van der Waals surface area contributed by atoms with Crippen LogP contribution in [0.2, 0.25) is 0 Å². The fourth-order valence-corrected chi connectivity index (χ4v) is 2.18. The van der Waals surface area contributed by atoms with Gasteiger partial charge in [0.1, 0.15) is 0 Å². The van der Waals surface area contributed by atoms with Gasteiger partial charge in [-0.05, 0) is 32.6 Å². The summed E-state index contributed by atoms with van der Waals surface area (Å²) in [5, 5.41) is 5.83. The van der Waals surface area contributed by atoms with Crippen molar-refractivity contribution in [1.29, 1.82) is 0 Å². The molecule has 0 aromatic heterocycles. The number of nitrogens with one attached hydrogen (secondary N) is 2. The summed E-state index contributed by atoms with van der Waals surface area (Å²) < 4.78 is 0. The van der Waals surface area contributed by atoms with E-state index < -0.39 is 0 Å². The molecular weight excluding hydrogens is 242 g/mol. The van der Waals surface area contributed by atoms with Crippen LogP contribution in [-0.4, -0.2) is 42.5 Å². The second kappa shape index (κ2) is 7.36. The van der Waals surface area contributed by atoms with Crippen molar-refractivity contribution in [1.82, 2.24) is 15.5 Å². The number of rotatable bonds is 4. The largest absolute Gasteiger partial charge is 0.354 e. The minimum Gasteiger partial charge on any atom is -0.354 e. The lowest BCUT2D eigenvalue weighted by Gasteiger charge is -2.32. The summed E-state index contributed by atoms with van der Waals surface area (Å²) >= 11 is 0. The lowest BCUT2D eigenvalue weighted by Crippen LogP contribution is -2.50. The minimum absolute atomic E-state index is 0.0456. The van der Waals surface area contributed by atoms with Crippen molar-refractivity contribution in [3.8, 4) is 0 Å². The predicted octanol–water partition coefficient (Wildman–Crippen LogP) is 1.59. The Hall–Kier alpha value is -1.26. The maximum Gasteiger partial charge on any atom is 0.317 e. The van der Waals surface area contributed by atoms with E-state index in [0.717, 1.165) is 19.4 Å². The van der Waals surface area contributed by atoms with E-state index in [0.29, 0.717) is 19.0 Å². The molecule has 19 heavy (non-hydrogen) atoms. The Balaban J connectivity index is 2.45. The standard InChI is InChI=1S/C14H27N3O2/c1-10(2)8-15-14(19)17-7-5-6-12(9-17)13(18)16-11(3)4/h10-12H,5-9H2,1-4H3,(H,15,19)(H,16,18)/t12-/m0/s1. The summed E-state index contributed by atoms with van der Waals surface area (Å²) in [6, 6.07) is 0.105. The van der Waals surface area contributed by atoms with E-state index in [2.05, 4.69) is 24.5 Å². The van der Waals surface area contributed by atoms with Crippen LogP contribution in [0.1, 0.15) is 40.5 Å². The Morgan fingerprint density at radius 2 is 1.95 bits per heavy atom. The van der Waals surface area contributed by atoms with E-state index in [-0.39, 0.29) is 23.9 Å². The van der Waals surface area contributed by atoms with Gasteiger partial charge in [0.2, 0.25) is 5.91 Å². The van der Waals surface area contributed by atoms with E-state index in [9.17, 15) is 9.59 Å². The number of piperidine rings is 1. The molecule has 1 rings (SSSR count). The van der Waals surface area contributed by atoms with Crippen molar-refractivity contribution in [3.05, 3.63) is 0 Å². The normalized spacial score (nSPS) is 19.7. The maximum absolute atomic E-state index is 12.0. The summed E-state index contributed by atoms with van der Waals surface area (Å²) in [4.78, 5) is 25.7. The zero-order valence-corrected chi connectivity index (χ0v) is 12.5. The zero-order chi connectivity index (χ0) is 14.4. The molecule has 1 aliphatic rings. The van der Waals surface area contributed by atoms with E-state index in [4.69, 9.17) is 0 Å². The molecule has 0 saturated carbocycles. The summed E-state index contributed by atoms with van der Waals surface area (Å²) in [5.41, 5.74) is 0. The number of amides is 3. The molecule has 0 aromatic rings. The molecule has 5 nitrogen and oxygen atoms in total. The van der Waals surface area contributed by atoms with Crippen LogP contribution in [-0.2, 0) is 4.79 Å². The number of hydrogen-bond acceptors (Lipinski definition) is 2. The van der Waals surface area contributed by atoms with Gasteiger partial charge in [-0.2, -0.15) is 0 Å². The smallest absolute Gasteiger partial charge is 0.317 e. The van der Waals surface area contributed by atoms with Crippen LogP contribution < -0.4 is 10.6 Å². The Morgan fingerprint density at radius 3 is 2.53 bits per heavy atom. The molecule has 0 aromatic carbocycles. The summed E-state index contributed by atoms with van der Waals surface area (Å²) in [6.07, 6.45) is 1.76. The van der Waals surface area contributed by atoms with Crippen LogP contribution in [0.4, 0.5) is 4.79 Å². The first-order valence-corrected chi connectivity index (χ1v) is 7.23. The van der Waals surface area contributed by atoms with Crippen LogP contribution in [0.5, 0.6) is 0 Å². The van der Waals surface area contributed by atoms with Gasteiger partial charge in [-0.25, -0.2) is 4.79 Å². The second-order valence-corrected chi connectivity index (χ2v) is 6.03. The van der Waals surface area contributed by atoms with Crippen molar-refractivity contribution in [3.63, 3.8) is 0 Å². The van der Waals surface area contributed by atoms with Gasteiger partial charge in [0.15, 0.2) is 0 Å². The highest BCUT2D eigenvalue weighted by Crippen LogP contribution is 2.16. The van der Waals surface area contributed by atoms with Crippen molar-refractivity contribution in [2.24, 2.45) is 11.8 Å². The van der Waals surface area contributed by atoms with E-state index >= 15 is 0 Å². The molecule has 1 fully saturated rings. The van der Waals surface area contributed by atoms with Crippen molar-refractivity contribution in [2.75, 3.05) is 19.6 Å². The average molecular weight is 269 g/mol. The van der Waals surface area contributed by atoms with E-state index in [1.807, 2.05) is 13.8 Å². The summed E-state index contributed by atoms with van der Waals surface area (Å²) in [7, 11) is 0. The van der Waals surface area contributed by atoms with Crippen molar-refractivity contribution >= 4 is 11.9 Å². The number of carbonyl (C=O) groups excluding carboxylic acids is 2. The van der Waals surface area contributed by atoms with Gasteiger partial charge < -0.3 is 15.5 Å². The predicted molar refractivity (Wildman–Crippen MR) is 75.8 cm³/mol. The van der Waals surface area contributed by atoms with Gasteiger partial charge in [0.25, 0.3) is 0 Å². The van der Waals surface area contributed by atoms with Crippen molar-refractivity contribution < 1.29 is 9.59 Å². The highest BCUT2D eigenvalue weighted by atomic mass is 16.2. The highest BCUT2D eigenvalue weighted by molar-refractivity contribution is 5.81. The Kier molecular flexibility index (Phi) is 6.12. The van der Waals surface area contributed by atoms with Crippen LogP contribution in [0.25, 0.3) is 0 Å². The van der Waals surface area contributed by atoms with Gasteiger partial charge >= 0.3 is 6.03 Å². The monoisotopic (exact) mass is 269 g/mol. The van der Waals surface area contributed by atoms with Gasteiger partial charge in [-0.15, -0.1) is 0 Å². The third-order valence-corrected chi connectivity index (χ3v) is 3.17. The number of urea groups is 1. The first-order valence-electron chi connectivity index (χ1n) is 7.23. The molecule has 0 spiro atoms. The molecule has 0 radical (unpaired) electrons. The Bertz CT molecular complexity index is 316. The lowest BCUT2D eigenvalue weighted by molar-refractivity contribution is -0.126. The molecule has 110 valence electrons. The van der Waals surface area contributed by atoms with Gasteiger partial charge in [0, 0.05) is 25.7 Å². The quantitative estimate of drug-likeness (QED) is 0.814.